The van der Waals surface area contributed by atoms with Crippen molar-refractivity contribution in [2.24, 2.45) is 5.73 Å². The predicted molar refractivity (Wildman–Crippen MR) is 66.6 cm³/mol. The Hall–Kier alpha value is -1.13. The number of esters is 1. The lowest BCUT2D eigenvalue weighted by molar-refractivity contribution is -0.143. The van der Waals surface area contributed by atoms with Gasteiger partial charge in [-0.15, -0.1) is 12.4 Å². The highest BCUT2D eigenvalue weighted by Gasteiger charge is 2.15. The molecule has 17 heavy (non-hydrogen) atoms. The summed E-state index contributed by atoms with van der Waals surface area (Å²) in [5.74, 6) is -0.671. The molecule has 0 fully saturated rings. The van der Waals surface area contributed by atoms with Gasteiger partial charge in [0.15, 0.2) is 0 Å². The second-order valence-corrected chi connectivity index (χ2v) is 3.57. The minimum Gasteiger partial charge on any atom is -0.466 e. The van der Waals surface area contributed by atoms with E-state index < -0.39 is 6.04 Å². The summed E-state index contributed by atoms with van der Waals surface area (Å²) in [7, 11) is 0. The zero-order chi connectivity index (χ0) is 12.1. The van der Waals surface area contributed by atoms with Crippen LogP contribution in [0.2, 0.25) is 0 Å². The number of carbonyl (C=O) groups excluding carboxylic acids is 1. The molecule has 0 radical (unpaired) electrons. The van der Waals surface area contributed by atoms with Gasteiger partial charge < -0.3 is 10.5 Å². The van der Waals surface area contributed by atoms with Crippen molar-refractivity contribution < 1.29 is 13.9 Å². The van der Waals surface area contributed by atoms with Crippen molar-refractivity contribution in [1.29, 1.82) is 0 Å². The van der Waals surface area contributed by atoms with Crippen molar-refractivity contribution in [1.82, 2.24) is 0 Å². The van der Waals surface area contributed by atoms with Crippen LogP contribution in [0.5, 0.6) is 0 Å². The second kappa shape index (κ2) is 7.25. The van der Waals surface area contributed by atoms with Crippen LogP contribution in [0.1, 0.15) is 30.5 Å². The van der Waals surface area contributed by atoms with Gasteiger partial charge in [-0.25, -0.2) is 4.39 Å². The van der Waals surface area contributed by atoms with E-state index in [9.17, 15) is 9.18 Å². The van der Waals surface area contributed by atoms with Gasteiger partial charge in [-0.3, -0.25) is 4.79 Å². The van der Waals surface area contributed by atoms with Crippen molar-refractivity contribution in [3.63, 3.8) is 0 Å². The molecule has 3 nitrogen and oxygen atoms in total. The zero-order valence-electron chi connectivity index (χ0n) is 9.90. The van der Waals surface area contributed by atoms with Crippen molar-refractivity contribution in [3.05, 3.63) is 35.1 Å². The topological polar surface area (TPSA) is 52.3 Å². The summed E-state index contributed by atoms with van der Waals surface area (Å²) in [5.41, 5.74) is 6.96. The number of hydrogen-bond acceptors (Lipinski definition) is 3. The first-order valence-electron chi connectivity index (χ1n) is 5.22. The van der Waals surface area contributed by atoms with E-state index in [4.69, 9.17) is 10.5 Å². The van der Waals surface area contributed by atoms with Gasteiger partial charge in [0.1, 0.15) is 5.82 Å². The average molecular weight is 262 g/mol. The summed E-state index contributed by atoms with van der Waals surface area (Å²) in [6.45, 7) is 3.71. The first-order chi connectivity index (χ1) is 7.56. The molecule has 1 aromatic rings. The lowest BCUT2D eigenvalue weighted by Gasteiger charge is -2.14. The molecule has 96 valence electrons. The molecule has 0 saturated carbocycles. The van der Waals surface area contributed by atoms with Crippen LogP contribution in [-0.4, -0.2) is 12.6 Å². The molecule has 0 bridgehead atoms. The monoisotopic (exact) mass is 261 g/mol. The first-order valence-corrected chi connectivity index (χ1v) is 5.22. The molecular weight excluding hydrogens is 245 g/mol. The Morgan fingerprint density at radius 2 is 2.18 bits per heavy atom. The molecule has 1 atom stereocenters. The summed E-state index contributed by atoms with van der Waals surface area (Å²) in [6, 6.07) is 4.16. The highest BCUT2D eigenvalue weighted by Crippen LogP contribution is 2.20. The highest BCUT2D eigenvalue weighted by atomic mass is 35.5. The van der Waals surface area contributed by atoms with Crippen molar-refractivity contribution >= 4 is 18.4 Å². The molecule has 0 aliphatic carbocycles. The summed E-state index contributed by atoms with van der Waals surface area (Å²) in [5, 5.41) is 0. The fourth-order valence-corrected chi connectivity index (χ4v) is 1.54. The van der Waals surface area contributed by atoms with E-state index in [2.05, 4.69) is 0 Å². The van der Waals surface area contributed by atoms with E-state index in [1.54, 1.807) is 26.0 Å². The minimum atomic E-state index is -0.519. The third kappa shape index (κ3) is 4.32. The number of hydrogen-bond donors (Lipinski definition) is 1. The van der Waals surface area contributed by atoms with Crippen LogP contribution in [0.15, 0.2) is 18.2 Å². The van der Waals surface area contributed by atoms with Gasteiger partial charge in [0, 0.05) is 6.04 Å². The minimum absolute atomic E-state index is 0. The van der Waals surface area contributed by atoms with Crippen molar-refractivity contribution in [2.75, 3.05) is 6.61 Å². The molecule has 1 rings (SSSR count). The predicted octanol–water partition coefficient (Wildman–Crippen LogP) is 2.51. The van der Waals surface area contributed by atoms with E-state index in [-0.39, 0.29) is 30.6 Å². The van der Waals surface area contributed by atoms with Gasteiger partial charge in [0.25, 0.3) is 0 Å². The van der Waals surface area contributed by atoms with E-state index in [1.807, 2.05) is 0 Å². The van der Waals surface area contributed by atoms with Crippen LogP contribution in [0.4, 0.5) is 4.39 Å². The van der Waals surface area contributed by atoms with Gasteiger partial charge in [-0.2, -0.15) is 0 Å². The second-order valence-electron chi connectivity index (χ2n) is 3.57. The summed E-state index contributed by atoms with van der Waals surface area (Å²) in [4.78, 5) is 11.2. The Balaban J connectivity index is 0.00000256. The fraction of sp³-hybridized carbons (Fsp3) is 0.417. The Morgan fingerprint density at radius 3 is 2.76 bits per heavy atom. The van der Waals surface area contributed by atoms with Crippen LogP contribution in [-0.2, 0) is 9.53 Å². The molecule has 0 unspecified atom stereocenters. The maximum atomic E-state index is 13.3. The molecule has 0 spiro atoms. The van der Waals surface area contributed by atoms with E-state index in [1.165, 1.54) is 6.07 Å². The summed E-state index contributed by atoms with van der Waals surface area (Å²) < 4.78 is 18.0. The van der Waals surface area contributed by atoms with E-state index in [0.717, 1.165) is 0 Å². The first kappa shape index (κ1) is 15.9. The number of benzene rings is 1. The molecule has 2 N–H and O–H groups in total. The summed E-state index contributed by atoms with van der Waals surface area (Å²) in [6.07, 6.45) is 0.0676. The Kier molecular flexibility index (Phi) is 6.76. The van der Waals surface area contributed by atoms with Gasteiger partial charge >= 0.3 is 5.97 Å². The lowest BCUT2D eigenvalue weighted by atomic mass is 9.99. The maximum Gasteiger partial charge on any atom is 0.307 e. The molecule has 0 aliphatic rings. The Labute approximate surface area is 107 Å². The van der Waals surface area contributed by atoms with Crippen LogP contribution < -0.4 is 5.73 Å². The zero-order valence-corrected chi connectivity index (χ0v) is 10.7. The normalized spacial score (nSPS) is 11.5. The van der Waals surface area contributed by atoms with Crippen LogP contribution in [0.25, 0.3) is 0 Å². The molecule has 0 aromatic heterocycles. The Bertz CT molecular complexity index is 385. The molecule has 0 aliphatic heterocycles. The van der Waals surface area contributed by atoms with Crippen LogP contribution in [0, 0.1) is 12.7 Å². The molecular formula is C12H17ClFNO2. The molecule has 1 aromatic carbocycles. The van der Waals surface area contributed by atoms with Gasteiger partial charge in [0.2, 0.25) is 0 Å². The summed E-state index contributed by atoms with van der Waals surface area (Å²) >= 11 is 0. The van der Waals surface area contributed by atoms with Gasteiger partial charge in [0.05, 0.1) is 13.0 Å². The number of rotatable bonds is 4. The SMILES string of the molecule is CCOC(=O)C[C@@H](N)c1cccc(F)c1C.Cl. The largest absolute Gasteiger partial charge is 0.466 e. The standard InChI is InChI=1S/C12H16FNO2.ClH/c1-3-16-12(15)7-11(14)9-5-4-6-10(13)8(9)2;/h4-6,11H,3,7,14H2,1-2H3;1H/t11-;/m1./s1. The molecule has 0 saturated heterocycles. The quantitative estimate of drug-likeness (QED) is 0.848. The van der Waals surface area contributed by atoms with Crippen molar-refractivity contribution in [3.8, 4) is 0 Å². The van der Waals surface area contributed by atoms with E-state index >= 15 is 0 Å². The smallest absolute Gasteiger partial charge is 0.307 e. The third-order valence-corrected chi connectivity index (χ3v) is 2.40. The Morgan fingerprint density at radius 1 is 1.53 bits per heavy atom. The number of halogens is 2. The van der Waals surface area contributed by atoms with Gasteiger partial charge in [-0.1, -0.05) is 12.1 Å². The van der Waals surface area contributed by atoms with Crippen LogP contribution >= 0.6 is 12.4 Å². The van der Waals surface area contributed by atoms with Crippen molar-refractivity contribution in [2.45, 2.75) is 26.3 Å². The molecule has 0 amide bonds. The molecule has 5 heteroatoms. The van der Waals surface area contributed by atoms with E-state index in [0.29, 0.717) is 17.7 Å². The fourth-order valence-electron chi connectivity index (χ4n) is 1.54. The van der Waals surface area contributed by atoms with Crippen LogP contribution in [0.3, 0.4) is 0 Å². The number of nitrogens with two attached hydrogens (primary N) is 1. The molecule has 0 heterocycles. The maximum absolute atomic E-state index is 13.3. The number of ether oxygens (including phenoxy) is 1. The number of carbonyl (C=O) groups is 1. The average Bonchev–Trinajstić information content (AvgIpc) is 2.22. The third-order valence-electron chi connectivity index (χ3n) is 2.40. The van der Waals surface area contributed by atoms with Gasteiger partial charge in [-0.05, 0) is 31.0 Å². The highest BCUT2D eigenvalue weighted by molar-refractivity contribution is 5.85. The lowest BCUT2D eigenvalue weighted by Crippen LogP contribution is -2.18.